The quantitative estimate of drug-likeness (QED) is 0.922. The molecule has 1 fully saturated rings. The lowest BCUT2D eigenvalue weighted by Crippen LogP contribution is -2.28. The SMILES string of the molecule is CCCC1CCCN(c2nnc(C)c(C)c2C(=O)O)CC1. The molecule has 5 nitrogen and oxygen atoms in total. The van der Waals surface area contributed by atoms with E-state index >= 15 is 0 Å². The molecule has 1 atom stereocenters. The number of carboxylic acids is 1. The zero-order valence-electron chi connectivity index (χ0n) is 13.2. The molecule has 2 rings (SSSR count). The van der Waals surface area contributed by atoms with Crippen LogP contribution in [-0.4, -0.2) is 34.4 Å². The number of carboxylic acid groups (broad SMARTS) is 1. The Morgan fingerprint density at radius 3 is 2.71 bits per heavy atom. The van der Waals surface area contributed by atoms with Gasteiger partial charge in [-0.15, -0.1) is 5.10 Å². The topological polar surface area (TPSA) is 66.3 Å². The van der Waals surface area contributed by atoms with E-state index in [0.717, 1.165) is 37.4 Å². The van der Waals surface area contributed by atoms with Gasteiger partial charge in [0.25, 0.3) is 0 Å². The summed E-state index contributed by atoms with van der Waals surface area (Å²) >= 11 is 0. The van der Waals surface area contributed by atoms with Crippen LogP contribution in [0.4, 0.5) is 5.82 Å². The van der Waals surface area contributed by atoms with Gasteiger partial charge >= 0.3 is 5.97 Å². The third-order valence-electron chi connectivity index (χ3n) is 4.49. The minimum Gasteiger partial charge on any atom is -0.478 e. The Hall–Kier alpha value is -1.65. The van der Waals surface area contributed by atoms with Crippen molar-refractivity contribution in [2.75, 3.05) is 18.0 Å². The van der Waals surface area contributed by atoms with Crippen molar-refractivity contribution in [3.05, 3.63) is 16.8 Å². The van der Waals surface area contributed by atoms with Crippen LogP contribution in [0, 0.1) is 19.8 Å². The molecule has 0 aromatic carbocycles. The molecule has 116 valence electrons. The molecule has 0 saturated carbocycles. The molecule has 1 aliphatic heterocycles. The molecule has 0 bridgehead atoms. The molecule has 0 amide bonds. The van der Waals surface area contributed by atoms with E-state index in [1.165, 1.54) is 19.3 Å². The molecule has 0 radical (unpaired) electrons. The van der Waals surface area contributed by atoms with E-state index in [9.17, 15) is 9.90 Å². The molecule has 1 aromatic heterocycles. The van der Waals surface area contributed by atoms with E-state index in [0.29, 0.717) is 17.1 Å². The zero-order valence-corrected chi connectivity index (χ0v) is 13.2. The minimum absolute atomic E-state index is 0.316. The Kier molecular flexibility index (Phi) is 5.15. The Morgan fingerprint density at radius 1 is 1.29 bits per heavy atom. The summed E-state index contributed by atoms with van der Waals surface area (Å²) in [5, 5.41) is 17.8. The van der Waals surface area contributed by atoms with Crippen LogP contribution in [0.5, 0.6) is 0 Å². The van der Waals surface area contributed by atoms with Gasteiger partial charge in [0, 0.05) is 13.1 Å². The van der Waals surface area contributed by atoms with Gasteiger partial charge in [-0.2, -0.15) is 5.10 Å². The number of aromatic nitrogens is 2. The van der Waals surface area contributed by atoms with E-state index < -0.39 is 5.97 Å². The van der Waals surface area contributed by atoms with Crippen molar-refractivity contribution >= 4 is 11.8 Å². The van der Waals surface area contributed by atoms with Crippen molar-refractivity contribution in [3.63, 3.8) is 0 Å². The first-order valence-electron chi connectivity index (χ1n) is 7.86. The number of rotatable bonds is 4. The first kappa shape index (κ1) is 15.7. The van der Waals surface area contributed by atoms with Gasteiger partial charge in [-0.05, 0) is 44.6 Å². The summed E-state index contributed by atoms with van der Waals surface area (Å²) in [6.45, 7) is 7.59. The molecular formula is C16H25N3O2. The predicted molar refractivity (Wildman–Crippen MR) is 82.9 cm³/mol. The maximum Gasteiger partial charge on any atom is 0.339 e. The molecule has 0 spiro atoms. The fourth-order valence-electron chi connectivity index (χ4n) is 3.15. The largest absolute Gasteiger partial charge is 0.478 e. The third kappa shape index (κ3) is 3.52. The monoisotopic (exact) mass is 291 g/mol. The number of anilines is 1. The Balaban J connectivity index is 2.26. The number of hydrogen-bond acceptors (Lipinski definition) is 4. The van der Waals surface area contributed by atoms with Gasteiger partial charge in [0.1, 0.15) is 5.56 Å². The lowest BCUT2D eigenvalue weighted by atomic mass is 9.96. The molecule has 0 aliphatic carbocycles. The summed E-state index contributed by atoms with van der Waals surface area (Å²) < 4.78 is 0. The van der Waals surface area contributed by atoms with Crippen LogP contribution in [-0.2, 0) is 0 Å². The van der Waals surface area contributed by atoms with Crippen molar-refractivity contribution in [2.45, 2.75) is 52.9 Å². The highest BCUT2D eigenvalue weighted by Gasteiger charge is 2.24. The third-order valence-corrected chi connectivity index (χ3v) is 4.49. The summed E-state index contributed by atoms with van der Waals surface area (Å²) in [6, 6.07) is 0. The predicted octanol–water partition coefficient (Wildman–Crippen LogP) is 3.20. The number of aryl methyl sites for hydroxylation is 1. The summed E-state index contributed by atoms with van der Waals surface area (Å²) in [5.41, 5.74) is 1.73. The van der Waals surface area contributed by atoms with Gasteiger partial charge < -0.3 is 10.0 Å². The first-order chi connectivity index (χ1) is 10.0. The van der Waals surface area contributed by atoms with Crippen LogP contribution < -0.4 is 4.90 Å². The molecule has 1 unspecified atom stereocenters. The van der Waals surface area contributed by atoms with E-state index in [4.69, 9.17) is 0 Å². The molecule has 1 saturated heterocycles. The van der Waals surface area contributed by atoms with Crippen molar-refractivity contribution in [1.82, 2.24) is 10.2 Å². The summed E-state index contributed by atoms with van der Waals surface area (Å²) in [6.07, 6.45) is 5.91. The second kappa shape index (κ2) is 6.87. The van der Waals surface area contributed by atoms with Gasteiger partial charge in [0.15, 0.2) is 5.82 Å². The fourth-order valence-corrected chi connectivity index (χ4v) is 3.15. The van der Waals surface area contributed by atoms with Crippen molar-refractivity contribution in [1.29, 1.82) is 0 Å². The van der Waals surface area contributed by atoms with Crippen LogP contribution in [0.1, 0.15) is 60.6 Å². The van der Waals surface area contributed by atoms with Crippen molar-refractivity contribution in [3.8, 4) is 0 Å². The Morgan fingerprint density at radius 2 is 2.05 bits per heavy atom. The standard InChI is InChI=1S/C16H25N3O2/c1-4-6-13-7-5-9-19(10-8-13)15-14(16(20)21)11(2)12(3)17-18-15/h13H,4-10H2,1-3H3,(H,20,21). The van der Waals surface area contributed by atoms with Crippen LogP contribution >= 0.6 is 0 Å². The second-order valence-electron chi connectivity index (χ2n) is 5.99. The maximum atomic E-state index is 11.6. The summed E-state index contributed by atoms with van der Waals surface area (Å²) in [5.74, 6) is 0.394. The summed E-state index contributed by atoms with van der Waals surface area (Å²) in [4.78, 5) is 13.7. The number of carbonyl (C=O) groups is 1. The van der Waals surface area contributed by atoms with Gasteiger partial charge in [0.05, 0.1) is 5.69 Å². The Labute approximate surface area is 126 Å². The van der Waals surface area contributed by atoms with Gasteiger partial charge in [-0.3, -0.25) is 0 Å². The lowest BCUT2D eigenvalue weighted by molar-refractivity contribution is 0.0696. The molecule has 21 heavy (non-hydrogen) atoms. The highest BCUT2D eigenvalue weighted by molar-refractivity contribution is 5.95. The molecule has 1 aromatic rings. The lowest BCUT2D eigenvalue weighted by Gasteiger charge is -2.23. The summed E-state index contributed by atoms with van der Waals surface area (Å²) in [7, 11) is 0. The van der Waals surface area contributed by atoms with Crippen LogP contribution in [0.3, 0.4) is 0 Å². The molecular weight excluding hydrogens is 266 g/mol. The van der Waals surface area contributed by atoms with Crippen LogP contribution in [0.2, 0.25) is 0 Å². The maximum absolute atomic E-state index is 11.6. The highest BCUT2D eigenvalue weighted by atomic mass is 16.4. The molecule has 2 heterocycles. The normalized spacial score (nSPS) is 19.4. The van der Waals surface area contributed by atoms with E-state index in [2.05, 4.69) is 22.0 Å². The fraction of sp³-hybridized carbons (Fsp3) is 0.688. The molecule has 5 heteroatoms. The average Bonchev–Trinajstić information content (AvgIpc) is 2.67. The minimum atomic E-state index is -0.908. The van der Waals surface area contributed by atoms with Crippen molar-refractivity contribution in [2.24, 2.45) is 5.92 Å². The smallest absolute Gasteiger partial charge is 0.339 e. The number of hydrogen-bond donors (Lipinski definition) is 1. The zero-order chi connectivity index (χ0) is 15.4. The average molecular weight is 291 g/mol. The van der Waals surface area contributed by atoms with Gasteiger partial charge in [0.2, 0.25) is 0 Å². The number of nitrogens with zero attached hydrogens (tertiary/aromatic N) is 3. The second-order valence-corrected chi connectivity index (χ2v) is 5.99. The van der Waals surface area contributed by atoms with Crippen LogP contribution in [0.25, 0.3) is 0 Å². The van der Waals surface area contributed by atoms with Gasteiger partial charge in [-0.1, -0.05) is 19.8 Å². The van der Waals surface area contributed by atoms with Gasteiger partial charge in [-0.25, -0.2) is 4.79 Å². The first-order valence-corrected chi connectivity index (χ1v) is 7.86. The van der Waals surface area contributed by atoms with E-state index in [-0.39, 0.29) is 0 Å². The van der Waals surface area contributed by atoms with E-state index in [1.807, 2.05) is 6.92 Å². The molecule has 1 aliphatic rings. The van der Waals surface area contributed by atoms with Crippen molar-refractivity contribution < 1.29 is 9.90 Å². The van der Waals surface area contributed by atoms with Crippen LogP contribution in [0.15, 0.2) is 0 Å². The van der Waals surface area contributed by atoms with E-state index in [1.54, 1.807) is 6.92 Å². The highest BCUT2D eigenvalue weighted by Crippen LogP contribution is 2.28. The molecule has 1 N–H and O–H groups in total. The Bertz CT molecular complexity index is 516. The number of aromatic carboxylic acids is 1.